The molecule has 0 fully saturated rings. The van der Waals surface area contributed by atoms with Crippen LogP contribution < -0.4 is 0 Å². The van der Waals surface area contributed by atoms with Crippen molar-refractivity contribution in [1.82, 2.24) is 0 Å². The van der Waals surface area contributed by atoms with Gasteiger partial charge in [-0.05, 0) is 30.1 Å². The Morgan fingerprint density at radius 1 is 0.800 bits per heavy atom. The minimum absolute atomic E-state index is 0.364. The van der Waals surface area contributed by atoms with Gasteiger partial charge in [-0.1, -0.05) is 62.5 Å². The average molecular weight is 200 g/mol. The van der Waals surface area contributed by atoms with Gasteiger partial charge in [0.1, 0.15) is 0 Å². The van der Waals surface area contributed by atoms with Gasteiger partial charge in [0.2, 0.25) is 0 Å². The fourth-order valence-corrected chi connectivity index (χ4v) is 2.54. The molecule has 0 bridgehead atoms. The van der Waals surface area contributed by atoms with Gasteiger partial charge < -0.3 is 0 Å². The minimum atomic E-state index is 0.364. The lowest BCUT2D eigenvalue weighted by atomic mass is 9.65. The van der Waals surface area contributed by atoms with Gasteiger partial charge in [0.25, 0.3) is 0 Å². The van der Waals surface area contributed by atoms with Crippen LogP contribution in [-0.2, 0) is 0 Å². The van der Waals surface area contributed by atoms with E-state index >= 15 is 0 Å². The third kappa shape index (κ3) is 2.14. The molecule has 0 amide bonds. The predicted octanol–water partition coefficient (Wildman–Crippen LogP) is 4.28. The predicted molar refractivity (Wildman–Crippen MR) is 66.6 cm³/mol. The quantitative estimate of drug-likeness (QED) is 0.624. The van der Waals surface area contributed by atoms with Crippen LogP contribution in [0.5, 0.6) is 0 Å². The van der Waals surface area contributed by atoms with E-state index in [1.807, 2.05) is 0 Å². The van der Waals surface area contributed by atoms with Gasteiger partial charge in [0.05, 0.1) is 0 Å². The van der Waals surface area contributed by atoms with E-state index in [1.54, 1.807) is 0 Å². The summed E-state index contributed by atoms with van der Waals surface area (Å²) in [6.45, 7) is 4.80. The molecule has 0 spiro atoms. The number of hydrogen-bond donors (Lipinski definition) is 0. The van der Waals surface area contributed by atoms with E-state index in [0.29, 0.717) is 17.3 Å². The van der Waals surface area contributed by atoms with Gasteiger partial charge in [-0.3, -0.25) is 0 Å². The molecule has 0 heterocycles. The Morgan fingerprint density at radius 3 is 1.60 bits per heavy atom. The molecule has 80 valence electrons. The maximum Gasteiger partial charge on any atom is -0.0139 e. The standard InChI is InChI=1S/C15H20/c1-15(2,13-9-5-3-6-10-13)14-11-7-4-8-12-14/h3-9,11,13-14H,10,12H2,1-2H3. The van der Waals surface area contributed by atoms with Crippen molar-refractivity contribution >= 4 is 0 Å². The third-order valence-corrected chi connectivity index (χ3v) is 3.87. The highest BCUT2D eigenvalue weighted by Crippen LogP contribution is 2.42. The lowest BCUT2D eigenvalue weighted by Crippen LogP contribution is -2.31. The van der Waals surface area contributed by atoms with E-state index in [0.717, 1.165) is 0 Å². The van der Waals surface area contributed by atoms with Crippen LogP contribution in [0.3, 0.4) is 0 Å². The zero-order valence-electron chi connectivity index (χ0n) is 9.69. The second kappa shape index (κ2) is 4.22. The highest BCUT2D eigenvalue weighted by molar-refractivity contribution is 5.18. The molecule has 0 aliphatic heterocycles. The molecule has 0 heteroatoms. The van der Waals surface area contributed by atoms with Crippen LogP contribution in [0, 0.1) is 17.3 Å². The van der Waals surface area contributed by atoms with Gasteiger partial charge in [0, 0.05) is 0 Å². The normalized spacial score (nSPS) is 29.7. The van der Waals surface area contributed by atoms with Crippen molar-refractivity contribution in [3.8, 4) is 0 Å². The van der Waals surface area contributed by atoms with Crippen LogP contribution >= 0.6 is 0 Å². The van der Waals surface area contributed by atoms with Gasteiger partial charge >= 0.3 is 0 Å². The lowest BCUT2D eigenvalue weighted by molar-refractivity contribution is 0.180. The lowest BCUT2D eigenvalue weighted by Gasteiger charge is -2.39. The molecule has 15 heavy (non-hydrogen) atoms. The van der Waals surface area contributed by atoms with Crippen molar-refractivity contribution < 1.29 is 0 Å². The van der Waals surface area contributed by atoms with Gasteiger partial charge in [-0.2, -0.15) is 0 Å². The van der Waals surface area contributed by atoms with Crippen LogP contribution in [0.4, 0.5) is 0 Å². The van der Waals surface area contributed by atoms with Crippen molar-refractivity contribution in [2.45, 2.75) is 26.7 Å². The molecule has 2 unspecified atom stereocenters. The Kier molecular flexibility index (Phi) is 2.95. The van der Waals surface area contributed by atoms with Crippen LogP contribution in [0.1, 0.15) is 26.7 Å². The summed E-state index contributed by atoms with van der Waals surface area (Å²) >= 11 is 0. The molecule has 0 nitrogen and oxygen atoms in total. The molecule has 2 atom stereocenters. The van der Waals surface area contributed by atoms with Crippen molar-refractivity contribution in [3.05, 3.63) is 48.6 Å². The topological polar surface area (TPSA) is 0 Å². The van der Waals surface area contributed by atoms with Gasteiger partial charge in [-0.15, -0.1) is 0 Å². The average Bonchev–Trinajstić information content (AvgIpc) is 2.31. The molecular weight excluding hydrogens is 180 g/mol. The summed E-state index contributed by atoms with van der Waals surface area (Å²) < 4.78 is 0. The second-order valence-corrected chi connectivity index (χ2v) is 5.13. The molecular formula is C15H20. The first-order valence-corrected chi connectivity index (χ1v) is 5.88. The molecule has 0 saturated carbocycles. The maximum absolute atomic E-state index is 2.40. The summed E-state index contributed by atoms with van der Waals surface area (Å²) in [4.78, 5) is 0. The molecule has 0 aromatic carbocycles. The highest BCUT2D eigenvalue weighted by atomic mass is 14.4. The van der Waals surface area contributed by atoms with Crippen LogP contribution in [0.25, 0.3) is 0 Å². The Bertz CT molecular complexity index is 294. The molecule has 2 rings (SSSR count). The Balaban J connectivity index is 2.11. The number of hydrogen-bond acceptors (Lipinski definition) is 0. The summed E-state index contributed by atoms with van der Waals surface area (Å²) in [5.41, 5.74) is 0.364. The van der Waals surface area contributed by atoms with Gasteiger partial charge in [-0.25, -0.2) is 0 Å². The van der Waals surface area contributed by atoms with E-state index in [2.05, 4.69) is 62.5 Å². The highest BCUT2D eigenvalue weighted by Gasteiger charge is 2.33. The first kappa shape index (κ1) is 10.5. The molecule has 0 aromatic rings. The van der Waals surface area contributed by atoms with Crippen molar-refractivity contribution in [2.24, 2.45) is 17.3 Å². The monoisotopic (exact) mass is 200 g/mol. The Labute approximate surface area is 93.1 Å². The maximum atomic E-state index is 2.40. The summed E-state index contributed by atoms with van der Waals surface area (Å²) in [5, 5.41) is 0. The number of rotatable bonds is 2. The fraction of sp³-hybridized carbons (Fsp3) is 0.467. The first-order chi connectivity index (χ1) is 7.21. The SMILES string of the molecule is CC(C)(C1C=CC=CC1)C1C=CC=CC1. The smallest absolute Gasteiger partial charge is 0.0139 e. The Morgan fingerprint density at radius 2 is 1.27 bits per heavy atom. The van der Waals surface area contributed by atoms with Crippen molar-refractivity contribution in [1.29, 1.82) is 0 Å². The summed E-state index contributed by atoms with van der Waals surface area (Å²) in [6, 6.07) is 0. The van der Waals surface area contributed by atoms with Crippen LogP contribution in [-0.4, -0.2) is 0 Å². The summed E-state index contributed by atoms with van der Waals surface area (Å²) in [7, 11) is 0. The third-order valence-electron chi connectivity index (χ3n) is 3.87. The molecule has 2 aliphatic carbocycles. The zero-order chi connectivity index (χ0) is 10.7. The minimum Gasteiger partial charge on any atom is -0.0839 e. The first-order valence-electron chi connectivity index (χ1n) is 5.88. The fourth-order valence-electron chi connectivity index (χ4n) is 2.54. The second-order valence-electron chi connectivity index (χ2n) is 5.13. The van der Waals surface area contributed by atoms with Gasteiger partial charge in [0.15, 0.2) is 0 Å². The summed E-state index contributed by atoms with van der Waals surface area (Å²) in [5.74, 6) is 1.37. The molecule has 0 saturated heterocycles. The largest absolute Gasteiger partial charge is 0.0839 e. The summed E-state index contributed by atoms with van der Waals surface area (Å²) in [6.07, 6.45) is 20.4. The van der Waals surface area contributed by atoms with Crippen LogP contribution in [0.2, 0.25) is 0 Å². The van der Waals surface area contributed by atoms with E-state index in [4.69, 9.17) is 0 Å². The van der Waals surface area contributed by atoms with E-state index < -0.39 is 0 Å². The zero-order valence-corrected chi connectivity index (χ0v) is 9.69. The molecule has 0 N–H and O–H groups in total. The molecule has 0 radical (unpaired) electrons. The van der Waals surface area contributed by atoms with E-state index in [1.165, 1.54) is 12.8 Å². The van der Waals surface area contributed by atoms with Crippen LogP contribution in [0.15, 0.2) is 48.6 Å². The molecule has 0 aromatic heterocycles. The van der Waals surface area contributed by atoms with E-state index in [-0.39, 0.29) is 0 Å². The van der Waals surface area contributed by atoms with E-state index in [9.17, 15) is 0 Å². The Hall–Kier alpha value is -1.04. The number of allylic oxidation sites excluding steroid dienone is 8. The van der Waals surface area contributed by atoms with Crippen molar-refractivity contribution in [3.63, 3.8) is 0 Å². The molecule has 2 aliphatic rings. The van der Waals surface area contributed by atoms with Crippen molar-refractivity contribution in [2.75, 3.05) is 0 Å².